The van der Waals surface area contributed by atoms with E-state index in [0.29, 0.717) is 43.3 Å². The van der Waals surface area contributed by atoms with Gasteiger partial charge < -0.3 is 35.0 Å². The molecule has 5 fully saturated rings. The molecule has 13 atom stereocenters. The van der Waals surface area contributed by atoms with E-state index in [1.54, 1.807) is 0 Å². The summed E-state index contributed by atoms with van der Waals surface area (Å²) in [5, 5.41) is 50.9. The fourth-order valence-corrected chi connectivity index (χ4v) is 8.59. The minimum atomic E-state index is -1.74. The van der Waals surface area contributed by atoms with Crippen molar-refractivity contribution in [2.45, 2.75) is 108 Å². The Bertz CT molecular complexity index is 833. The van der Waals surface area contributed by atoms with Gasteiger partial charge in [-0.15, -0.1) is 0 Å². The van der Waals surface area contributed by atoms with E-state index in [2.05, 4.69) is 13.8 Å². The number of rotatable bonds is 3. The highest BCUT2D eigenvalue weighted by molar-refractivity contribution is 5.87. The number of carboxylic acid groups (broad SMARTS) is 1. The molecule has 9 nitrogen and oxygen atoms in total. The van der Waals surface area contributed by atoms with Crippen LogP contribution >= 0.6 is 0 Å². The monoisotopic (exact) mass is 482 g/mol. The van der Waals surface area contributed by atoms with Gasteiger partial charge in [0, 0.05) is 11.8 Å². The van der Waals surface area contributed by atoms with E-state index in [9.17, 15) is 35.1 Å². The first-order valence-corrected chi connectivity index (χ1v) is 12.8. The van der Waals surface area contributed by atoms with Crippen molar-refractivity contribution in [2.24, 2.45) is 34.5 Å². The van der Waals surface area contributed by atoms with Crippen LogP contribution in [-0.4, -0.2) is 80.2 Å². The van der Waals surface area contributed by atoms with Crippen molar-refractivity contribution in [3.05, 3.63) is 0 Å². The molecular weight excluding hydrogens is 444 g/mol. The summed E-state index contributed by atoms with van der Waals surface area (Å²) in [6.45, 7) is 4.32. The average molecular weight is 483 g/mol. The number of fused-ring (bicyclic) bond motifs is 5. The number of aliphatic hydroxyl groups is 4. The number of aliphatic carboxylic acids is 1. The Morgan fingerprint density at radius 1 is 1.03 bits per heavy atom. The van der Waals surface area contributed by atoms with E-state index >= 15 is 0 Å². The highest BCUT2D eigenvalue weighted by atomic mass is 16.7. The number of Topliss-reactive ketones (excluding diaryl/α,β-unsaturated/α-hetero) is 1. The van der Waals surface area contributed by atoms with E-state index < -0.39 is 48.2 Å². The van der Waals surface area contributed by atoms with Crippen molar-refractivity contribution < 1.29 is 44.6 Å². The third-order valence-electron chi connectivity index (χ3n) is 10.4. The Balaban J connectivity index is 1.29. The maximum Gasteiger partial charge on any atom is 0.335 e. The molecule has 0 bridgehead atoms. The van der Waals surface area contributed by atoms with Gasteiger partial charge in [0.15, 0.2) is 12.4 Å². The molecule has 0 amide bonds. The zero-order chi connectivity index (χ0) is 24.6. The van der Waals surface area contributed by atoms with Gasteiger partial charge in [0.2, 0.25) is 0 Å². The summed E-state index contributed by atoms with van der Waals surface area (Å²) in [4.78, 5) is 24.0. The molecule has 5 rings (SSSR count). The summed E-state index contributed by atoms with van der Waals surface area (Å²) < 4.78 is 11.3. The second-order valence-corrected chi connectivity index (χ2v) is 12.0. The molecule has 0 aromatic heterocycles. The van der Waals surface area contributed by atoms with Crippen LogP contribution in [0.25, 0.3) is 0 Å². The topological polar surface area (TPSA) is 154 Å². The molecule has 4 aliphatic carbocycles. The number of carbonyl (C=O) groups is 2. The molecule has 1 aliphatic heterocycles. The molecule has 0 spiro atoms. The van der Waals surface area contributed by atoms with Crippen LogP contribution in [0, 0.1) is 34.5 Å². The number of carboxylic acids is 1. The number of carbonyl (C=O) groups excluding carboxylic acids is 1. The Morgan fingerprint density at radius 3 is 2.47 bits per heavy atom. The molecule has 5 N–H and O–H groups in total. The van der Waals surface area contributed by atoms with E-state index in [1.165, 1.54) is 0 Å². The molecule has 1 saturated heterocycles. The lowest BCUT2D eigenvalue weighted by Crippen LogP contribution is -2.62. The standard InChI is InChI=1S/C25H38O9/c1-24-8-7-12(33-23-20(30)18(28)19(29)21(34-23)22(31)32)9-11(24)3-4-13-14-5-6-16(27)25(14,2)10-15(26)17(13)24/h11-15,17-21,23,26,28-30H,3-10H2,1-2H3,(H,31,32)/t11-,12?,13?,14?,15?,17?,18+,19+,20-,21-,23+,24?,25?/m0/s1. The molecule has 9 heteroatoms. The molecule has 5 aliphatic rings. The molecule has 4 saturated carbocycles. The fraction of sp³-hybridized carbons (Fsp3) is 0.920. The summed E-state index contributed by atoms with van der Waals surface area (Å²) in [6, 6.07) is 0. The average Bonchev–Trinajstić information content (AvgIpc) is 3.07. The van der Waals surface area contributed by atoms with Crippen molar-refractivity contribution in [3.63, 3.8) is 0 Å². The number of hydrogen-bond acceptors (Lipinski definition) is 8. The zero-order valence-corrected chi connectivity index (χ0v) is 19.9. The first-order chi connectivity index (χ1) is 16.0. The normalized spacial score (nSPS) is 55.2. The van der Waals surface area contributed by atoms with Crippen LogP contribution in [0.15, 0.2) is 0 Å². The van der Waals surface area contributed by atoms with E-state index in [0.717, 1.165) is 25.7 Å². The lowest BCUT2D eigenvalue weighted by atomic mass is 9.44. The molecule has 0 radical (unpaired) electrons. The molecule has 34 heavy (non-hydrogen) atoms. The summed E-state index contributed by atoms with van der Waals surface area (Å²) in [5.74, 6) is -0.0129. The van der Waals surface area contributed by atoms with Gasteiger partial charge in [0.25, 0.3) is 0 Å². The molecule has 0 aromatic rings. The maximum atomic E-state index is 12.7. The van der Waals surface area contributed by atoms with Crippen molar-refractivity contribution in [1.29, 1.82) is 0 Å². The first-order valence-electron chi connectivity index (χ1n) is 12.8. The SMILES string of the molecule is CC12CC(O)C3C(CC[C@H]4CC(O[C@@H]5O[C@H](C(=O)O)[C@H](O)[C@@H](O)[C@@H]5O)CCC34C)C1CCC2=O. The highest BCUT2D eigenvalue weighted by Crippen LogP contribution is 2.65. The third-order valence-corrected chi connectivity index (χ3v) is 10.4. The van der Waals surface area contributed by atoms with Crippen molar-refractivity contribution >= 4 is 11.8 Å². The Hall–Kier alpha value is -1.10. The molecular formula is C25H38O9. The van der Waals surface area contributed by atoms with Crippen molar-refractivity contribution in [3.8, 4) is 0 Å². The number of hydrogen-bond donors (Lipinski definition) is 5. The van der Waals surface area contributed by atoms with Crippen molar-refractivity contribution in [2.75, 3.05) is 0 Å². The van der Waals surface area contributed by atoms with Gasteiger partial charge in [-0.05, 0) is 74.0 Å². The second-order valence-electron chi connectivity index (χ2n) is 12.0. The fourth-order valence-electron chi connectivity index (χ4n) is 8.59. The van der Waals surface area contributed by atoms with Gasteiger partial charge >= 0.3 is 5.97 Å². The summed E-state index contributed by atoms with van der Waals surface area (Å²) in [6.07, 6.45) is -2.58. The Kier molecular flexibility index (Phi) is 6.14. The minimum Gasteiger partial charge on any atom is -0.479 e. The van der Waals surface area contributed by atoms with Gasteiger partial charge in [-0.2, -0.15) is 0 Å². The van der Waals surface area contributed by atoms with Crippen LogP contribution in [0.5, 0.6) is 0 Å². The van der Waals surface area contributed by atoms with Crippen LogP contribution in [0.2, 0.25) is 0 Å². The van der Waals surface area contributed by atoms with Gasteiger partial charge in [0.1, 0.15) is 24.1 Å². The summed E-state index contributed by atoms with van der Waals surface area (Å²) in [7, 11) is 0. The lowest BCUT2D eigenvalue weighted by molar-refractivity contribution is -0.310. The van der Waals surface area contributed by atoms with Crippen LogP contribution in [0.4, 0.5) is 0 Å². The zero-order valence-electron chi connectivity index (χ0n) is 19.9. The van der Waals surface area contributed by atoms with Crippen LogP contribution < -0.4 is 0 Å². The van der Waals surface area contributed by atoms with Gasteiger partial charge in [-0.3, -0.25) is 4.79 Å². The largest absolute Gasteiger partial charge is 0.479 e. The third kappa shape index (κ3) is 3.58. The smallest absolute Gasteiger partial charge is 0.335 e. The maximum absolute atomic E-state index is 12.7. The first kappa shape index (κ1) is 24.6. The Morgan fingerprint density at radius 2 is 1.76 bits per heavy atom. The Labute approximate surface area is 199 Å². The van der Waals surface area contributed by atoms with Crippen LogP contribution in [0.3, 0.4) is 0 Å². The summed E-state index contributed by atoms with van der Waals surface area (Å²) in [5.41, 5.74) is -0.481. The number of ether oxygens (including phenoxy) is 2. The lowest BCUT2D eigenvalue weighted by Gasteiger charge is -2.61. The van der Waals surface area contributed by atoms with Crippen LogP contribution in [-0.2, 0) is 19.1 Å². The molecule has 7 unspecified atom stereocenters. The number of ketones is 1. The van der Waals surface area contributed by atoms with E-state index in [4.69, 9.17) is 9.47 Å². The van der Waals surface area contributed by atoms with Gasteiger partial charge in [0.05, 0.1) is 12.2 Å². The summed E-state index contributed by atoms with van der Waals surface area (Å²) >= 11 is 0. The predicted octanol–water partition coefficient (Wildman–Crippen LogP) is 0.846. The molecule has 192 valence electrons. The van der Waals surface area contributed by atoms with Crippen LogP contribution in [0.1, 0.15) is 65.2 Å². The second kappa shape index (κ2) is 8.49. The van der Waals surface area contributed by atoms with Crippen molar-refractivity contribution in [1.82, 2.24) is 0 Å². The quantitative estimate of drug-likeness (QED) is 0.368. The van der Waals surface area contributed by atoms with Gasteiger partial charge in [-0.1, -0.05) is 13.8 Å². The van der Waals surface area contributed by atoms with Gasteiger partial charge in [-0.25, -0.2) is 4.79 Å². The molecule has 1 heterocycles. The van der Waals surface area contributed by atoms with E-state index in [1.807, 2.05) is 0 Å². The van der Waals surface area contributed by atoms with E-state index in [-0.39, 0.29) is 23.4 Å². The highest BCUT2D eigenvalue weighted by Gasteiger charge is 2.63. The minimum absolute atomic E-state index is 0.0828. The molecule has 0 aromatic carbocycles. The number of aliphatic hydroxyl groups excluding tert-OH is 4. The predicted molar refractivity (Wildman–Crippen MR) is 117 cm³/mol.